The van der Waals surface area contributed by atoms with E-state index in [4.69, 9.17) is 9.47 Å². The molecule has 1 aromatic heterocycles. The van der Waals surface area contributed by atoms with E-state index >= 15 is 0 Å². The minimum atomic E-state index is -0.968. The van der Waals surface area contributed by atoms with Crippen LogP contribution in [0.2, 0.25) is 0 Å². The second-order valence-electron chi connectivity index (χ2n) is 5.61. The number of anilines is 1. The highest BCUT2D eigenvalue weighted by Crippen LogP contribution is 2.18. The first-order valence-electron chi connectivity index (χ1n) is 8.26. The van der Waals surface area contributed by atoms with Gasteiger partial charge < -0.3 is 14.8 Å². The molecule has 3 rings (SSSR count). The van der Waals surface area contributed by atoms with Crippen LogP contribution in [-0.4, -0.2) is 34.8 Å². The molecular formula is C19H19N3O4. The fourth-order valence-electron chi connectivity index (χ4n) is 2.43. The SMILES string of the molecule is CCOc1ccc(NC(=O)[C@H](C)OC(=O)c2n[nH]c3ccccc23)cc1. The van der Waals surface area contributed by atoms with Gasteiger partial charge in [0.25, 0.3) is 5.91 Å². The van der Waals surface area contributed by atoms with Gasteiger partial charge in [0, 0.05) is 11.1 Å². The van der Waals surface area contributed by atoms with E-state index in [-0.39, 0.29) is 5.69 Å². The number of hydrogen-bond acceptors (Lipinski definition) is 5. The van der Waals surface area contributed by atoms with Crippen LogP contribution in [-0.2, 0) is 9.53 Å². The topological polar surface area (TPSA) is 93.3 Å². The number of fused-ring (bicyclic) bond motifs is 1. The normalized spacial score (nSPS) is 11.8. The second-order valence-corrected chi connectivity index (χ2v) is 5.61. The molecule has 2 N–H and O–H groups in total. The summed E-state index contributed by atoms with van der Waals surface area (Å²) in [4.78, 5) is 24.5. The number of H-pyrrole nitrogens is 1. The van der Waals surface area contributed by atoms with Gasteiger partial charge in [0.15, 0.2) is 11.8 Å². The Bertz CT molecular complexity index is 918. The number of esters is 1. The lowest BCUT2D eigenvalue weighted by atomic mass is 10.2. The van der Waals surface area contributed by atoms with Gasteiger partial charge in [-0.1, -0.05) is 18.2 Å². The van der Waals surface area contributed by atoms with Crippen molar-refractivity contribution in [2.45, 2.75) is 20.0 Å². The van der Waals surface area contributed by atoms with Gasteiger partial charge in [0.1, 0.15) is 5.75 Å². The van der Waals surface area contributed by atoms with Gasteiger partial charge in [-0.2, -0.15) is 5.10 Å². The molecule has 0 unspecified atom stereocenters. The van der Waals surface area contributed by atoms with Gasteiger partial charge in [-0.05, 0) is 44.2 Å². The van der Waals surface area contributed by atoms with Gasteiger partial charge in [-0.25, -0.2) is 4.79 Å². The largest absolute Gasteiger partial charge is 0.494 e. The number of amides is 1. The van der Waals surface area contributed by atoms with E-state index in [2.05, 4.69) is 15.5 Å². The monoisotopic (exact) mass is 353 g/mol. The smallest absolute Gasteiger partial charge is 0.360 e. The number of carbonyl (C=O) groups excluding carboxylic acids is 2. The number of ether oxygens (including phenoxy) is 2. The molecule has 0 saturated heterocycles. The number of benzene rings is 2. The van der Waals surface area contributed by atoms with Crippen LogP contribution >= 0.6 is 0 Å². The maximum absolute atomic E-state index is 12.3. The molecule has 0 aliphatic carbocycles. The summed E-state index contributed by atoms with van der Waals surface area (Å²) >= 11 is 0. The molecule has 1 heterocycles. The highest BCUT2D eigenvalue weighted by atomic mass is 16.5. The molecule has 0 saturated carbocycles. The highest BCUT2D eigenvalue weighted by Gasteiger charge is 2.22. The van der Waals surface area contributed by atoms with E-state index in [0.717, 1.165) is 11.3 Å². The number of aromatic amines is 1. The summed E-state index contributed by atoms with van der Waals surface area (Å²) in [7, 11) is 0. The molecule has 0 bridgehead atoms. The zero-order chi connectivity index (χ0) is 18.5. The zero-order valence-electron chi connectivity index (χ0n) is 14.5. The third kappa shape index (κ3) is 3.83. The summed E-state index contributed by atoms with van der Waals surface area (Å²) in [5, 5.41) is 10.1. The number of nitrogens with zero attached hydrogens (tertiary/aromatic N) is 1. The van der Waals surface area contributed by atoms with Gasteiger partial charge in [-0.15, -0.1) is 0 Å². The molecule has 7 heteroatoms. The number of nitrogens with one attached hydrogen (secondary N) is 2. The Balaban J connectivity index is 1.62. The molecule has 1 atom stereocenters. The molecule has 0 spiro atoms. The summed E-state index contributed by atoms with van der Waals surface area (Å²) in [5.74, 6) is -0.366. The molecule has 26 heavy (non-hydrogen) atoms. The minimum Gasteiger partial charge on any atom is -0.494 e. The zero-order valence-corrected chi connectivity index (χ0v) is 14.5. The maximum atomic E-state index is 12.3. The molecule has 0 radical (unpaired) electrons. The van der Waals surface area contributed by atoms with Crippen LogP contribution in [0.15, 0.2) is 48.5 Å². The Morgan fingerprint density at radius 1 is 1.15 bits per heavy atom. The van der Waals surface area contributed by atoms with Crippen LogP contribution in [0.1, 0.15) is 24.3 Å². The van der Waals surface area contributed by atoms with Crippen molar-refractivity contribution in [2.24, 2.45) is 0 Å². The lowest BCUT2D eigenvalue weighted by molar-refractivity contribution is -0.123. The summed E-state index contributed by atoms with van der Waals surface area (Å²) < 4.78 is 10.6. The Morgan fingerprint density at radius 3 is 2.62 bits per heavy atom. The van der Waals surface area contributed by atoms with E-state index in [0.29, 0.717) is 17.7 Å². The van der Waals surface area contributed by atoms with Crippen LogP contribution in [0.25, 0.3) is 10.9 Å². The molecule has 7 nitrogen and oxygen atoms in total. The Hall–Kier alpha value is -3.35. The predicted octanol–water partition coefficient (Wildman–Crippen LogP) is 3.15. The van der Waals surface area contributed by atoms with Crippen molar-refractivity contribution >= 4 is 28.5 Å². The first kappa shape index (κ1) is 17.5. The van der Waals surface area contributed by atoms with E-state index in [1.54, 1.807) is 42.5 Å². The summed E-state index contributed by atoms with van der Waals surface area (Å²) in [5.41, 5.74) is 1.47. The van der Waals surface area contributed by atoms with E-state index < -0.39 is 18.0 Å². The molecule has 2 aromatic carbocycles. The predicted molar refractivity (Wildman–Crippen MR) is 97.2 cm³/mol. The third-order valence-corrected chi connectivity index (χ3v) is 3.75. The average Bonchev–Trinajstić information content (AvgIpc) is 3.07. The molecule has 0 fully saturated rings. The van der Waals surface area contributed by atoms with Gasteiger partial charge in [-0.3, -0.25) is 9.89 Å². The van der Waals surface area contributed by atoms with Crippen LogP contribution in [0.3, 0.4) is 0 Å². The lowest BCUT2D eigenvalue weighted by Gasteiger charge is -2.13. The number of aromatic nitrogens is 2. The van der Waals surface area contributed by atoms with Crippen LogP contribution in [0, 0.1) is 0 Å². The van der Waals surface area contributed by atoms with Crippen LogP contribution in [0.5, 0.6) is 5.75 Å². The minimum absolute atomic E-state index is 0.154. The second kappa shape index (κ2) is 7.69. The van der Waals surface area contributed by atoms with E-state index in [9.17, 15) is 9.59 Å². The Morgan fingerprint density at radius 2 is 1.88 bits per heavy atom. The van der Waals surface area contributed by atoms with Crippen LogP contribution in [0.4, 0.5) is 5.69 Å². The lowest BCUT2D eigenvalue weighted by Crippen LogP contribution is -2.30. The van der Waals surface area contributed by atoms with Crippen molar-refractivity contribution in [2.75, 3.05) is 11.9 Å². The number of hydrogen-bond donors (Lipinski definition) is 2. The first-order chi connectivity index (χ1) is 12.6. The van der Waals surface area contributed by atoms with Crippen LogP contribution < -0.4 is 10.1 Å². The fraction of sp³-hybridized carbons (Fsp3) is 0.211. The quantitative estimate of drug-likeness (QED) is 0.664. The van der Waals surface area contributed by atoms with Crippen molar-refractivity contribution < 1.29 is 19.1 Å². The van der Waals surface area contributed by atoms with E-state index in [1.165, 1.54) is 6.92 Å². The van der Waals surface area contributed by atoms with Crippen molar-refractivity contribution in [3.05, 3.63) is 54.2 Å². The van der Waals surface area contributed by atoms with Crippen molar-refractivity contribution in [1.29, 1.82) is 0 Å². The Labute approximate surface area is 150 Å². The highest BCUT2D eigenvalue weighted by molar-refractivity contribution is 6.03. The number of para-hydroxylation sites is 1. The average molecular weight is 353 g/mol. The third-order valence-electron chi connectivity index (χ3n) is 3.75. The first-order valence-corrected chi connectivity index (χ1v) is 8.26. The molecule has 0 aliphatic heterocycles. The summed E-state index contributed by atoms with van der Waals surface area (Å²) in [6.45, 7) is 3.98. The summed E-state index contributed by atoms with van der Waals surface area (Å²) in [6.07, 6.45) is -0.968. The van der Waals surface area contributed by atoms with Gasteiger partial charge in [0.2, 0.25) is 0 Å². The number of carbonyl (C=O) groups is 2. The molecule has 3 aromatic rings. The number of rotatable bonds is 6. The Kier molecular flexibility index (Phi) is 5.17. The molecular weight excluding hydrogens is 334 g/mol. The fourth-order valence-corrected chi connectivity index (χ4v) is 2.43. The van der Waals surface area contributed by atoms with Crippen molar-refractivity contribution in [3.63, 3.8) is 0 Å². The van der Waals surface area contributed by atoms with Gasteiger partial charge in [0.05, 0.1) is 12.1 Å². The maximum Gasteiger partial charge on any atom is 0.360 e. The molecule has 1 amide bonds. The van der Waals surface area contributed by atoms with Crippen molar-refractivity contribution in [3.8, 4) is 5.75 Å². The van der Waals surface area contributed by atoms with Crippen molar-refractivity contribution in [1.82, 2.24) is 10.2 Å². The van der Waals surface area contributed by atoms with Gasteiger partial charge >= 0.3 is 5.97 Å². The molecule has 0 aliphatic rings. The standard InChI is InChI=1S/C19H19N3O4/c1-3-25-14-10-8-13(9-11-14)20-18(23)12(2)26-19(24)17-15-6-4-5-7-16(15)21-22-17/h4-12H,3H2,1-2H3,(H,20,23)(H,21,22)/t12-/m0/s1. The summed E-state index contributed by atoms with van der Waals surface area (Å²) in [6, 6.07) is 14.2. The molecule has 134 valence electrons. The van der Waals surface area contributed by atoms with E-state index in [1.807, 2.05) is 13.0 Å².